The smallest absolute Gasteiger partial charge is 0.224 e. The summed E-state index contributed by atoms with van der Waals surface area (Å²) in [6.45, 7) is 2.82. The first-order chi connectivity index (χ1) is 14.6. The van der Waals surface area contributed by atoms with Gasteiger partial charge < -0.3 is 19.2 Å². The van der Waals surface area contributed by atoms with Crippen molar-refractivity contribution < 1.29 is 19.1 Å². The lowest BCUT2D eigenvalue weighted by Crippen LogP contribution is -2.58. The zero-order valence-corrected chi connectivity index (χ0v) is 19.7. The summed E-state index contributed by atoms with van der Waals surface area (Å²) in [5.74, 6) is 3.58. The molecule has 3 heterocycles. The van der Waals surface area contributed by atoms with Gasteiger partial charge in [0.1, 0.15) is 6.29 Å². The molecule has 2 atom stereocenters. The van der Waals surface area contributed by atoms with Crippen molar-refractivity contribution in [3.63, 3.8) is 0 Å². The number of rotatable bonds is 7. The molecular formula is C23H31NO4S2. The van der Waals surface area contributed by atoms with Crippen molar-refractivity contribution >= 4 is 35.7 Å². The molecule has 0 aromatic heterocycles. The highest BCUT2D eigenvalue weighted by Crippen LogP contribution is 2.63. The zero-order valence-electron chi connectivity index (χ0n) is 18.1. The van der Waals surface area contributed by atoms with Crippen molar-refractivity contribution in [3.05, 3.63) is 23.3 Å². The molecule has 0 bridgehead atoms. The van der Waals surface area contributed by atoms with Gasteiger partial charge in [-0.1, -0.05) is 19.8 Å². The second kappa shape index (κ2) is 8.65. The van der Waals surface area contributed by atoms with E-state index in [4.69, 9.17) is 9.47 Å². The summed E-state index contributed by atoms with van der Waals surface area (Å²) in [7, 11) is 3.29. The molecule has 2 fully saturated rings. The molecule has 1 aromatic carbocycles. The van der Waals surface area contributed by atoms with E-state index in [9.17, 15) is 9.59 Å². The van der Waals surface area contributed by atoms with E-state index in [0.717, 1.165) is 55.5 Å². The SMILES string of the molecule is CCCC[C@@]12c3cc(OC)c(OC)cc3CCN1C(=O)C[C@@]2(C=O)C1SCCCS1. The highest BCUT2D eigenvalue weighted by atomic mass is 32.2. The number of thioether (sulfide) groups is 2. The first-order valence-electron chi connectivity index (χ1n) is 10.8. The Labute approximate surface area is 187 Å². The summed E-state index contributed by atoms with van der Waals surface area (Å²) >= 11 is 3.73. The molecule has 0 spiro atoms. The van der Waals surface area contributed by atoms with E-state index < -0.39 is 11.0 Å². The van der Waals surface area contributed by atoms with Crippen LogP contribution in [0.4, 0.5) is 0 Å². The van der Waals surface area contributed by atoms with Crippen molar-refractivity contribution in [2.45, 2.75) is 55.6 Å². The summed E-state index contributed by atoms with van der Waals surface area (Å²) in [6, 6.07) is 4.10. The van der Waals surface area contributed by atoms with Gasteiger partial charge >= 0.3 is 0 Å². The maximum atomic E-state index is 13.4. The van der Waals surface area contributed by atoms with E-state index in [-0.39, 0.29) is 10.5 Å². The average molecular weight is 450 g/mol. The molecule has 30 heavy (non-hydrogen) atoms. The van der Waals surface area contributed by atoms with Gasteiger partial charge in [0, 0.05) is 13.0 Å². The molecule has 5 nitrogen and oxygen atoms in total. The fraction of sp³-hybridized carbons (Fsp3) is 0.652. The quantitative estimate of drug-likeness (QED) is 0.580. The minimum absolute atomic E-state index is 0.0913. The Bertz CT molecular complexity index is 826. The normalized spacial score (nSPS) is 28.8. The van der Waals surface area contributed by atoms with Crippen LogP contribution in [0.2, 0.25) is 0 Å². The predicted molar refractivity (Wildman–Crippen MR) is 123 cm³/mol. The van der Waals surface area contributed by atoms with Crippen LogP contribution in [0.25, 0.3) is 0 Å². The topological polar surface area (TPSA) is 55.8 Å². The van der Waals surface area contributed by atoms with Crippen LogP contribution in [0, 0.1) is 5.41 Å². The Morgan fingerprint density at radius 1 is 1.20 bits per heavy atom. The van der Waals surface area contributed by atoms with Crippen LogP contribution < -0.4 is 9.47 Å². The summed E-state index contributed by atoms with van der Waals surface area (Å²) in [4.78, 5) is 28.4. The first kappa shape index (κ1) is 21.9. The third-order valence-corrected chi connectivity index (χ3v) is 10.3. The number of methoxy groups -OCH3 is 2. The first-order valence-corrected chi connectivity index (χ1v) is 12.9. The number of carbonyl (C=O) groups is 2. The standard InChI is InChI=1S/C23H31NO4S2/c1-4-5-8-23-17-13-19(28-3)18(27-2)12-16(17)7-9-24(23)20(26)14-22(23,15-25)21-29-10-6-11-30-21/h12-13,15,21H,4-11,14H2,1-3H3/t22-,23+/m1/s1. The maximum absolute atomic E-state index is 13.4. The highest BCUT2D eigenvalue weighted by Gasteiger charge is 2.68. The Morgan fingerprint density at radius 2 is 1.90 bits per heavy atom. The molecule has 0 unspecified atom stereocenters. The summed E-state index contributed by atoms with van der Waals surface area (Å²) in [5, 5.41) is 0. The average Bonchev–Trinajstić information content (AvgIpc) is 3.06. The van der Waals surface area contributed by atoms with E-state index in [1.54, 1.807) is 14.2 Å². The second-order valence-corrected chi connectivity index (χ2v) is 11.1. The van der Waals surface area contributed by atoms with Crippen molar-refractivity contribution in [2.75, 3.05) is 32.3 Å². The van der Waals surface area contributed by atoms with Crippen molar-refractivity contribution in [1.82, 2.24) is 4.90 Å². The monoisotopic (exact) mass is 449 g/mol. The number of ether oxygens (including phenoxy) is 2. The molecule has 0 saturated carbocycles. The maximum Gasteiger partial charge on any atom is 0.224 e. The second-order valence-electron chi connectivity index (χ2n) is 8.39. The molecule has 1 amide bonds. The third-order valence-electron chi connectivity index (χ3n) is 6.99. The minimum Gasteiger partial charge on any atom is -0.493 e. The number of fused-ring (bicyclic) bond motifs is 3. The van der Waals surface area contributed by atoms with Gasteiger partial charge in [-0.15, -0.1) is 23.5 Å². The van der Waals surface area contributed by atoms with Gasteiger partial charge in [0.25, 0.3) is 0 Å². The van der Waals surface area contributed by atoms with Crippen molar-refractivity contribution in [2.24, 2.45) is 5.41 Å². The Hall–Kier alpha value is -1.34. The van der Waals surface area contributed by atoms with Crippen LogP contribution in [0.3, 0.4) is 0 Å². The molecule has 3 aliphatic rings. The van der Waals surface area contributed by atoms with Gasteiger partial charge in [-0.3, -0.25) is 4.79 Å². The molecule has 2 saturated heterocycles. The number of hydrogen-bond donors (Lipinski definition) is 0. The summed E-state index contributed by atoms with van der Waals surface area (Å²) in [5.41, 5.74) is 0.914. The molecule has 164 valence electrons. The fourth-order valence-corrected chi connectivity index (χ4v) is 9.06. The molecule has 1 aromatic rings. The summed E-state index contributed by atoms with van der Waals surface area (Å²) in [6.07, 6.45) is 6.16. The van der Waals surface area contributed by atoms with Gasteiger partial charge in [-0.05, 0) is 54.0 Å². The van der Waals surface area contributed by atoms with Crippen LogP contribution in [-0.4, -0.2) is 53.9 Å². The largest absolute Gasteiger partial charge is 0.493 e. The lowest BCUT2D eigenvalue weighted by molar-refractivity contribution is -0.133. The van der Waals surface area contributed by atoms with E-state index in [1.807, 2.05) is 34.5 Å². The van der Waals surface area contributed by atoms with Gasteiger partial charge in [0.2, 0.25) is 5.91 Å². The molecule has 0 N–H and O–H groups in total. The Morgan fingerprint density at radius 3 is 2.53 bits per heavy atom. The molecule has 4 rings (SSSR count). The molecular weight excluding hydrogens is 418 g/mol. The number of amides is 1. The van der Waals surface area contributed by atoms with Gasteiger partial charge in [-0.2, -0.15) is 0 Å². The minimum atomic E-state index is -0.732. The van der Waals surface area contributed by atoms with Gasteiger partial charge in [0.05, 0.1) is 29.8 Å². The van der Waals surface area contributed by atoms with Crippen molar-refractivity contribution in [3.8, 4) is 11.5 Å². The number of hydrogen-bond acceptors (Lipinski definition) is 6. The molecule has 7 heteroatoms. The lowest BCUT2D eigenvalue weighted by Gasteiger charge is -2.53. The number of carbonyl (C=O) groups excluding carboxylic acids is 2. The van der Waals surface area contributed by atoms with E-state index in [2.05, 4.69) is 13.0 Å². The molecule has 3 aliphatic heterocycles. The summed E-state index contributed by atoms with van der Waals surface area (Å²) < 4.78 is 11.3. The van der Waals surface area contributed by atoms with E-state index in [1.165, 1.54) is 5.56 Å². The number of nitrogens with zero attached hydrogens (tertiary/aromatic N) is 1. The third kappa shape index (κ3) is 3.07. The van der Waals surface area contributed by atoms with Crippen LogP contribution in [-0.2, 0) is 21.5 Å². The zero-order chi connectivity index (χ0) is 21.4. The Balaban J connectivity index is 1.97. The van der Waals surface area contributed by atoms with Crippen LogP contribution >= 0.6 is 23.5 Å². The van der Waals surface area contributed by atoms with E-state index in [0.29, 0.717) is 24.5 Å². The van der Waals surface area contributed by atoms with Gasteiger partial charge in [0.15, 0.2) is 11.5 Å². The number of unbranched alkanes of at least 4 members (excludes halogenated alkanes) is 1. The van der Waals surface area contributed by atoms with Gasteiger partial charge in [-0.25, -0.2) is 0 Å². The molecule has 0 aliphatic carbocycles. The fourth-order valence-electron chi connectivity index (χ4n) is 5.61. The predicted octanol–water partition coefficient (Wildman–Crippen LogP) is 4.26. The van der Waals surface area contributed by atoms with Crippen LogP contribution in [0.15, 0.2) is 12.1 Å². The van der Waals surface area contributed by atoms with Crippen LogP contribution in [0.5, 0.6) is 11.5 Å². The molecule has 0 radical (unpaired) electrons. The van der Waals surface area contributed by atoms with Crippen LogP contribution in [0.1, 0.15) is 50.2 Å². The highest BCUT2D eigenvalue weighted by molar-refractivity contribution is 8.17. The van der Waals surface area contributed by atoms with Crippen molar-refractivity contribution in [1.29, 1.82) is 0 Å². The van der Waals surface area contributed by atoms with E-state index >= 15 is 0 Å². The number of benzene rings is 1. The lowest BCUT2D eigenvalue weighted by atomic mass is 9.63. The number of aldehydes is 1. The Kier molecular flexibility index (Phi) is 6.31.